The SMILES string of the molecule is CCN1CCN(S(=O)(=O)c2cc(N=O)ccc2Sc2cc(C)ccc2C)CC1. The van der Waals surface area contributed by atoms with Gasteiger partial charge in [-0.25, -0.2) is 8.42 Å². The summed E-state index contributed by atoms with van der Waals surface area (Å²) in [6.07, 6.45) is 0. The summed E-state index contributed by atoms with van der Waals surface area (Å²) in [5.41, 5.74) is 2.31. The highest BCUT2D eigenvalue weighted by Crippen LogP contribution is 2.38. The molecular formula is C20H25N3O3S2. The number of benzene rings is 2. The van der Waals surface area contributed by atoms with Crippen molar-refractivity contribution in [1.29, 1.82) is 0 Å². The van der Waals surface area contributed by atoms with Gasteiger partial charge in [-0.2, -0.15) is 4.31 Å². The average molecular weight is 420 g/mol. The van der Waals surface area contributed by atoms with E-state index in [9.17, 15) is 13.3 Å². The molecule has 6 nitrogen and oxygen atoms in total. The van der Waals surface area contributed by atoms with E-state index in [2.05, 4.69) is 17.0 Å². The molecule has 1 fully saturated rings. The van der Waals surface area contributed by atoms with Crippen molar-refractivity contribution in [3.8, 4) is 0 Å². The molecule has 0 aromatic heterocycles. The maximum absolute atomic E-state index is 13.4. The fourth-order valence-corrected chi connectivity index (χ4v) is 6.16. The summed E-state index contributed by atoms with van der Waals surface area (Å²) in [6, 6.07) is 10.7. The number of nitrogens with zero attached hydrogens (tertiary/aromatic N) is 3. The minimum atomic E-state index is -3.71. The summed E-state index contributed by atoms with van der Waals surface area (Å²) < 4.78 is 28.2. The Balaban J connectivity index is 1.99. The number of nitroso groups, excluding NO2 is 1. The minimum Gasteiger partial charge on any atom is -0.301 e. The van der Waals surface area contributed by atoms with Gasteiger partial charge in [-0.15, -0.1) is 4.91 Å². The molecule has 1 aliphatic heterocycles. The fourth-order valence-electron chi connectivity index (χ4n) is 3.20. The molecular weight excluding hydrogens is 394 g/mol. The van der Waals surface area contributed by atoms with Crippen molar-refractivity contribution < 1.29 is 8.42 Å². The number of rotatable bonds is 6. The van der Waals surface area contributed by atoms with Gasteiger partial charge in [-0.05, 0) is 61.0 Å². The van der Waals surface area contributed by atoms with E-state index in [1.807, 2.05) is 32.0 Å². The Morgan fingerprint density at radius 2 is 1.71 bits per heavy atom. The Morgan fingerprint density at radius 3 is 2.36 bits per heavy atom. The van der Waals surface area contributed by atoms with Crippen LogP contribution >= 0.6 is 11.8 Å². The lowest BCUT2D eigenvalue weighted by Gasteiger charge is -2.33. The maximum Gasteiger partial charge on any atom is 0.244 e. The van der Waals surface area contributed by atoms with Gasteiger partial charge in [-0.1, -0.05) is 30.8 Å². The van der Waals surface area contributed by atoms with Crippen LogP contribution in [-0.2, 0) is 10.0 Å². The van der Waals surface area contributed by atoms with E-state index in [0.29, 0.717) is 31.1 Å². The summed E-state index contributed by atoms with van der Waals surface area (Å²) in [5.74, 6) is 0. The smallest absolute Gasteiger partial charge is 0.244 e. The molecule has 28 heavy (non-hydrogen) atoms. The molecule has 0 aliphatic carbocycles. The van der Waals surface area contributed by atoms with Gasteiger partial charge in [0, 0.05) is 36.0 Å². The van der Waals surface area contributed by atoms with Crippen LogP contribution in [0.1, 0.15) is 18.1 Å². The van der Waals surface area contributed by atoms with Crippen molar-refractivity contribution >= 4 is 27.5 Å². The number of hydrogen-bond donors (Lipinski definition) is 0. The third kappa shape index (κ3) is 4.46. The Bertz CT molecular complexity index is 969. The van der Waals surface area contributed by atoms with Crippen LogP contribution in [0.2, 0.25) is 0 Å². The molecule has 8 heteroatoms. The standard InChI is InChI=1S/C20H25N3O3S2/c1-4-22-9-11-23(12-10-22)28(25,26)20-14-17(21-24)7-8-18(20)27-19-13-15(2)5-6-16(19)3/h5-8,13-14H,4,9-12H2,1-3H3. The first-order valence-electron chi connectivity index (χ1n) is 9.30. The zero-order valence-corrected chi connectivity index (χ0v) is 18.0. The van der Waals surface area contributed by atoms with Crippen molar-refractivity contribution in [1.82, 2.24) is 9.21 Å². The van der Waals surface area contributed by atoms with Crippen LogP contribution in [-0.4, -0.2) is 50.3 Å². The maximum atomic E-state index is 13.4. The van der Waals surface area contributed by atoms with Crippen LogP contribution in [0.15, 0.2) is 56.3 Å². The van der Waals surface area contributed by atoms with Crippen molar-refractivity contribution in [2.75, 3.05) is 32.7 Å². The topological polar surface area (TPSA) is 70.1 Å². The predicted octanol–water partition coefficient (Wildman–Crippen LogP) is 4.18. The molecule has 2 aromatic carbocycles. The molecule has 0 bridgehead atoms. The van der Waals surface area contributed by atoms with Crippen molar-refractivity contribution in [3.05, 3.63) is 52.4 Å². The first kappa shape index (κ1) is 21.0. The second-order valence-electron chi connectivity index (χ2n) is 6.93. The molecule has 1 heterocycles. The van der Waals surface area contributed by atoms with Crippen LogP contribution < -0.4 is 0 Å². The molecule has 150 valence electrons. The molecule has 0 amide bonds. The summed E-state index contributed by atoms with van der Waals surface area (Å²) in [4.78, 5) is 15.0. The molecule has 3 rings (SSSR count). The summed E-state index contributed by atoms with van der Waals surface area (Å²) in [7, 11) is -3.71. The van der Waals surface area contributed by atoms with Gasteiger partial charge >= 0.3 is 0 Å². The molecule has 0 N–H and O–H groups in total. The number of hydrogen-bond acceptors (Lipinski definition) is 6. The Morgan fingerprint density at radius 1 is 1.00 bits per heavy atom. The molecule has 0 atom stereocenters. The average Bonchev–Trinajstić information content (AvgIpc) is 2.71. The largest absolute Gasteiger partial charge is 0.301 e. The normalized spacial score (nSPS) is 16.2. The number of sulfonamides is 1. The molecule has 1 saturated heterocycles. The molecule has 0 unspecified atom stereocenters. The highest BCUT2D eigenvalue weighted by Gasteiger charge is 2.30. The van der Waals surface area contributed by atoms with Crippen LogP contribution in [0.4, 0.5) is 5.69 Å². The molecule has 2 aromatic rings. The van der Waals surface area contributed by atoms with Crippen molar-refractivity contribution in [3.63, 3.8) is 0 Å². The van der Waals surface area contributed by atoms with Crippen LogP contribution in [0, 0.1) is 18.8 Å². The highest BCUT2D eigenvalue weighted by molar-refractivity contribution is 8.00. The van der Waals surface area contributed by atoms with Gasteiger partial charge in [0.05, 0.1) is 4.90 Å². The minimum absolute atomic E-state index is 0.121. The van der Waals surface area contributed by atoms with Crippen LogP contribution in [0.5, 0.6) is 0 Å². The van der Waals surface area contributed by atoms with Crippen LogP contribution in [0.3, 0.4) is 0 Å². The second kappa shape index (κ2) is 8.73. The van der Waals surface area contributed by atoms with Gasteiger partial charge in [-0.3, -0.25) is 0 Å². The zero-order valence-electron chi connectivity index (χ0n) is 16.4. The highest BCUT2D eigenvalue weighted by atomic mass is 32.2. The van der Waals surface area contributed by atoms with E-state index in [4.69, 9.17) is 0 Å². The summed E-state index contributed by atoms with van der Waals surface area (Å²) >= 11 is 1.41. The monoisotopic (exact) mass is 419 g/mol. The van der Waals surface area contributed by atoms with E-state index in [1.54, 1.807) is 12.1 Å². The lowest BCUT2D eigenvalue weighted by atomic mass is 10.2. The van der Waals surface area contributed by atoms with Gasteiger partial charge in [0.1, 0.15) is 5.69 Å². The lowest BCUT2D eigenvalue weighted by molar-refractivity contribution is 0.196. The molecule has 0 radical (unpaired) electrons. The Labute approximate surface area is 171 Å². The van der Waals surface area contributed by atoms with E-state index >= 15 is 0 Å². The fraction of sp³-hybridized carbons (Fsp3) is 0.400. The quantitative estimate of drug-likeness (QED) is 0.657. The third-order valence-electron chi connectivity index (χ3n) is 4.99. The number of likely N-dealkylation sites (N-methyl/N-ethyl adjacent to an activating group) is 1. The van der Waals surface area contributed by atoms with Gasteiger partial charge < -0.3 is 4.90 Å². The molecule has 1 aliphatic rings. The van der Waals surface area contributed by atoms with Gasteiger partial charge in [0.15, 0.2) is 0 Å². The Hall–Kier alpha value is -1.74. The predicted molar refractivity (Wildman–Crippen MR) is 113 cm³/mol. The summed E-state index contributed by atoms with van der Waals surface area (Å²) in [6.45, 7) is 9.30. The zero-order chi connectivity index (χ0) is 20.3. The van der Waals surface area contributed by atoms with E-state index in [1.165, 1.54) is 22.1 Å². The van der Waals surface area contributed by atoms with Gasteiger partial charge in [0.25, 0.3) is 0 Å². The van der Waals surface area contributed by atoms with Gasteiger partial charge in [0.2, 0.25) is 10.0 Å². The van der Waals surface area contributed by atoms with E-state index < -0.39 is 10.0 Å². The van der Waals surface area contributed by atoms with E-state index in [0.717, 1.165) is 22.6 Å². The first-order chi connectivity index (χ1) is 13.3. The van der Waals surface area contributed by atoms with Crippen LogP contribution in [0.25, 0.3) is 0 Å². The lowest BCUT2D eigenvalue weighted by Crippen LogP contribution is -2.48. The first-order valence-corrected chi connectivity index (χ1v) is 11.6. The van der Waals surface area contributed by atoms with Crippen molar-refractivity contribution in [2.45, 2.75) is 35.5 Å². The second-order valence-corrected chi connectivity index (χ2v) is 9.92. The molecule has 0 spiro atoms. The summed E-state index contributed by atoms with van der Waals surface area (Å²) in [5, 5.41) is 2.94. The van der Waals surface area contributed by atoms with E-state index in [-0.39, 0.29) is 10.6 Å². The Kier molecular flexibility index (Phi) is 6.54. The number of piperazine rings is 1. The third-order valence-corrected chi connectivity index (χ3v) is 8.30. The molecule has 0 saturated carbocycles. The number of aryl methyl sites for hydroxylation is 2. The van der Waals surface area contributed by atoms with Crippen molar-refractivity contribution in [2.24, 2.45) is 5.18 Å².